The predicted octanol–water partition coefficient (Wildman–Crippen LogP) is 3.45. The number of hydrogen-bond donors (Lipinski definition) is 1. The predicted molar refractivity (Wildman–Crippen MR) is 98.9 cm³/mol. The van der Waals surface area contributed by atoms with Gasteiger partial charge in [-0.05, 0) is 29.7 Å². The third-order valence-electron chi connectivity index (χ3n) is 3.70. The highest BCUT2D eigenvalue weighted by atomic mass is 35.5. The fraction of sp³-hybridized carbons (Fsp3) is 0.211. The number of benzene rings is 2. The van der Waals surface area contributed by atoms with Gasteiger partial charge in [-0.3, -0.25) is 0 Å². The van der Waals surface area contributed by atoms with Crippen LogP contribution in [0.2, 0.25) is 5.02 Å². The van der Waals surface area contributed by atoms with Gasteiger partial charge in [-0.25, -0.2) is 9.48 Å². The molecule has 134 valence electrons. The molecule has 0 aliphatic rings. The van der Waals surface area contributed by atoms with Gasteiger partial charge in [-0.15, -0.1) is 5.10 Å². The van der Waals surface area contributed by atoms with Gasteiger partial charge in [0.05, 0.1) is 12.7 Å². The lowest BCUT2D eigenvalue weighted by Crippen LogP contribution is -2.26. The van der Waals surface area contributed by atoms with E-state index < -0.39 is 6.09 Å². The SMILES string of the molecule is O=C(NCCc1ccccc1)OCc1cn(Cc2cccc(Cl)c2)nn1. The summed E-state index contributed by atoms with van der Waals surface area (Å²) in [7, 11) is 0. The maximum atomic E-state index is 11.7. The minimum absolute atomic E-state index is 0.0761. The molecular formula is C19H19ClN4O2. The molecular weight excluding hydrogens is 352 g/mol. The molecule has 0 radical (unpaired) electrons. The quantitative estimate of drug-likeness (QED) is 0.691. The van der Waals surface area contributed by atoms with E-state index in [0.29, 0.717) is 23.8 Å². The molecule has 0 saturated heterocycles. The van der Waals surface area contributed by atoms with Crippen molar-refractivity contribution in [3.63, 3.8) is 0 Å². The molecule has 3 rings (SSSR count). The lowest BCUT2D eigenvalue weighted by Gasteiger charge is -2.05. The van der Waals surface area contributed by atoms with Gasteiger partial charge in [0.2, 0.25) is 0 Å². The lowest BCUT2D eigenvalue weighted by atomic mass is 10.1. The molecule has 1 N–H and O–H groups in total. The Kier molecular flexibility index (Phi) is 6.22. The largest absolute Gasteiger partial charge is 0.443 e. The second-order valence-corrected chi connectivity index (χ2v) is 6.21. The van der Waals surface area contributed by atoms with Gasteiger partial charge in [-0.1, -0.05) is 59.3 Å². The third-order valence-corrected chi connectivity index (χ3v) is 3.93. The van der Waals surface area contributed by atoms with Crippen LogP contribution in [0.4, 0.5) is 4.79 Å². The first-order chi connectivity index (χ1) is 12.7. The number of ether oxygens (including phenoxy) is 1. The molecule has 0 saturated carbocycles. The smallest absolute Gasteiger partial charge is 0.407 e. The molecule has 1 amide bonds. The number of aromatic nitrogens is 3. The molecule has 1 aromatic heterocycles. The first kappa shape index (κ1) is 17.9. The molecule has 0 spiro atoms. The van der Waals surface area contributed by atoms with Crippen molar-refractivity contribution in [1.29, 1.82) is 0 Å². The van der Waals surface area contributed by atoms with Crippen LogP contribution in [-0.4, -0.2) is 27.6 Å². The molecule has 1 heterocycles. The second kappa shape index (κ2) is 9.01. The minimum atomic E-state index is -0.467. The highest BCUT2D eigenvalue weighted by molar-refractivity contribution is 6.30. The molecule has 0 bridgehead atoms. The Labute approximate surface area is 156 Å². The van der Waals surface area contributed by atoms with E-state index in [9.17, 15) is 4.79 Å². The second-order valence-electron chi connectivity index (χ2n) is 5.78. The number of rotatable bonds is 7. The first-order valence-electron chi connectivity index (χ1n) is 8.27. The zero-order valence-corrected chi connectivity index (χ0v) is 14.9. The van der Waals surface area contributed by atoms with Gasteiger partial charge in [0.25, 0.3) is 0 Å². The molecule has 0 aliphatic heterocycles. The molecule has 7 heteroatoms. The number of carbonyl (C=O) groups is 1. The molecule has 26 heavy (non-hydrogen) atoms. The van der Waals surface area contributed by atoms with E-state index in [1.165, 1.54) is 0 Å². The van der Waals surface area contributed by atoms with Crippen molar-refractivity contribution in [3.8, 4) is 0 Å². The summed E-state index contributed by atoms with van der Waals surface area (Å²) in [4.78, 5) is 11.7. The van der Waals surface area contributed by atoms with E-state index >= 15 is 0 Å². The lowest BCUT2D eigenvalue weighted by molar-refractivity contribution is 0.138. The van der Waals surface area contributed by atoms with Crippen LogP contribution >= 0.6 is 11.6 Å². The van der Waals surface area contributed by atoms with E-state index in [4.69, 9.17) is 16.3 Å². The number of hydrogen-bond acceptors (Lipinski definition) is 4. The highest BCUT2D eigenvalue weighted by Gasteiger charge is 2.06. The zero-order valence-electron chi connectivity index (χ0n) is 14.1. The average molecular weight is 371 g/mol. The van der Waals surface area contributed by atoms with Crippen molar-refractivity contribution in [3.05, 3.63) is 82.6 Å². The maximum Gasteiger partial charge on any atom is 0.407 e. The summed E-state index contributed by atoms with van der Waals surface area (Å²) in [5.74, 6) is 0. The summed E-state index contributed by atoms with van der Waals surface area (Å²) in [6.07, 6.45) is 2.04. The van der Waals surface area contributed by atoms with Crippen molar-refractivity contribution in [2.45, 2.75) is 19.6 Å². The molecule has 0 aliphatic carbocycles. The van der Waals surface area contributed by atoms with E-state index in [2.05, 4.69) is 15.6 Å². The van der Waals surface area contributed by atoms with Crippen LogP contribution in [0.5, 0.6) is 0 Å². The van der Waals surface area contributed by atoms with Gasteiger partial charge in [0, 0.05) is 11.6 Å². The van der Waals surface area contributed by atoms with E-state index in [0.717, 1.165) is 17.5 Å². The van der Waals surface area contributed by atoms with E-state index in [1.807, 2.05) is 54.6 Å². The van der Waals surface area contributed by atoms with Crippen molar-refractivity contribution >= 4 is 17.7 Å². The number of nitrogens with one attached hydrogen (secondary N) is 1. The normalized spacial score (nSPS) is 10.5. The van der Waals surface area contributed by atoms with Gasteiger partial charge >= 0.3 is 6.09 Å². The van der Waals surface area contributed by atoms with E-state index in [1.54, 1.807) is 10.9 Å². The third kappa shape index (κ3) is 5.60. The number of nitrogens with zero attached hydrogens (tertiary/aromatic N) is 3. The van der Waals surface area contributed by atoms with Crippen LogP contribution in [0.25, 0.3) is 0 Å². The molecule has 2 aromatic carbocycles. The minimum Gasteiger partial charge on any atom is -0.443 e. The number of halogens is 1. The van der Waals surface area contributed by atoms with Crippen LogP contribution < -0.4 is 5.32 Å². The topological polar surface area (TPSA) is 69.0 Å². The Hall–Kier alpha value is -2.86. The number of amides is 1. The summed E-state index contributed by atoms with van der Waals surface area (Å²) >= 11 is 5.97. The summed E-state index contributed by atoms with van der Waals surface area (Å²) < 4.78 is 6.84. The van der Waals surface area contributed by atoms with Gasteiger partial charge in [0.1, 0.15) is 12.3 Å². The number of alkyl carbamates (subject to hydrolysis) is 1. The fourth-order valence-corrected chi connectivity index (χ4v) is 2.66. The summed E-state index contributed by atoms with van der Waals surface area (Å²) in [6.45, 7) is 1.15. The maximum absolute atomic E-state index is 11.7. The van der Waals surface area contributed by atoms with Crippen LogP contribution in [0.1, 0.15) is 16.8 Å². The molecule has 6 nitrogen and oxygen atoms in total. The fourth-order valence-electron chi connectivity index (χ4n) is 2.45. The summed E-state index contributed by atoms with van der Waals surface area (Å²) in [6, 6.07) is 17.5. The van der Waals surface area contributed by atoms with Crippen molar-refractivity contribution in [1.82, 2.24) is 20.3 Å². The molecule has 0 unspecified atom stereocenters. The molecule has 0 fully saturated rings. The highest BCUT2D eigenvalue weighted by Crippen LogP contribution is 2.11. The van der Waals surface area contributed by atoms with Crippen molar-refractivity contribution < 1.29 is 9.53 Å². The average Bonchev–Trinajstić information content (AvgIpc) is 3.08. The Morgan fingerprint density at radius 2 is 1.92 bits per heavy atom. The Bertz CT molecular complexity index is 852. The van der Waals surface area contributed by atoms with Gasteiger partial charge in [0.15, 0.2) is 0 Å². The number of carbonyl (C=O) groups excluding carboxylic acids is 1. The summed E-state index contributed by atoms with van der Waals surface area (Å²) in [5, 5.41) is 11.4. The van der Waals surface area contributed by atoms with Crippen molar-refractivity contribution in [2.24, 2.45) is 0 Å². The van der Waals surface area contributed by atoms with Gasteiger partial charge < -0.3 is 10.1 Å². The van der Waals surface area contributed by atoms with Crippen LogP contribution in [0, 0.1) is 0 Å². The van der Waals surface area contributed by atoms with Crippen molar-refractivity contribution in [2.75, 3.05) is 6.54 Å². The Morgan fingerprint density at radius 1 is 1.12 bits per heavy atom. The Morgan fingerprint density at radius 3 is 2.73 bits per heavy atom. The summed E-state index contributed by atoms with van der Waals surface area (Å²) in [5.41, 5.74) is 2.77. The molecule has 0 atom stereocenters. The molecule has 3 aromatic rings. The Balaban J connectivity index is 1.40. The van der Waals surface area contributed by atoms with Crippen LogP contribution in [-0.2, 0) is 24.3 Å². The van der Waals surface area contributed by atoms with Gasteiger partial charge in [-0.2, -0.15) is 0 Å². The van der Waals surface area contributed by atoms with Crippen LogP contribution in [0.15, 0.2) is 60.8 Å². The zero-order chi connectivity index (χ0) is 18.2. The first-order valence-corrected chi connectivity index (χ1v) is 8.65. The van der Waals surface area contributed by atoms with E-state index in [-0.39, 0.29) is 6.61 Å². The van der Waals surface area contributed by atoms with Crippen LogP contribution in [0.3, 0.4) is 0 Å². The monoisotopic (exact) mass is 370 g/mol. The standard InChI is InChI=1S/C19H19ClN4O2/c20-17-8-4-7-16(11-17)12-24-13-18(22-23-24)14-26-19(25)21-10-9-15-5-2-1-3-6-15/h1-8,11,13H,9-10,12,14H2,(H,21,25).